The molecule has 30 heavy (non-hydrogen) atoms. The van der Waals surface area contributed by atoms with Gasteiger partial charge in [0.1, 0.15) is 18.2 Å². The number of rotatable bonds is 9. The molecule has 4 N–H and O–H groups in total. The largest absolute Gasteiger partial charge is 0.467 e. The van der Waals surface area contributed by atoms with Crippen LogP contribution in [0, 0.1) is 11.8 Å². The van der Waals surface area contributed by atoms with Crippen LogP contribution >= 0.6 is 0 Å². The summed E-state index contributed by atoms with van der Waals surface area (Å²) >= 11 is 0. The summed E-state index contributed by atoms with van der Waals surface area (Å²) in [6, 6.07) is -1.82. The average Bonchev–Trinajstić information content (AvgIpc) is 3.11. The van der Waals surface area contributed by atoms with Crippen molar-refractivity contribution in [1.82, 2.24) is 21.3 Å². The van der Waals surface area contributed by atoms with Crippen LogP contribution < -0.4 is 21.3 Å². The van der Waals surface area contributed by atoms with E-state index in [0.717, 1.165) is 25.9 Å². The van der Waals surface area contributed by atoms with Gasteiger partial charge in [-0.3, -0.25) is 9.59 Å². The summed E-state index contributed by atoms with van der Waals surface area (Å²) in [6.45, 7) is 5.97. The molecule has 10 heteroatoms. The normalized spacial score (nSPS) is 21.5. The molecular weight excluding hydrogens is 392 g/mol. The highest BCUT2D eigenvalue weighted by atomic mass is 16.6. The summed E-state index contributed by atoms with van der Waals surface area (Å²) in [5, 5.41) is 11.2. The van der Waals surface area contributed by atoms with Gasteiger partial charge in [0.15, 0.2) is 0 Å². The van der Waals surface area contributed by atoms with E-state index in [9.17, 15) is 19.2 Å². The molecule has 2 saturated heterocycles. The Hall–Kier alpha value is -2.36. The highest BCUT2D eigenvalue weighted by Gasteiger charge is 2.34. The summed E-state index contributed by atoms with van der Waals surface area (Å²) in [5.41, 5.74) is 0. The third-order valence-corrected chi connectivity index (χ3v) is 5.36. The maximum absolute atomic E-state index is 12.9. The summed E-state index contributed by atoms with van der Waals surface area (Å²) in [4.78, 5) is 49.3. The second-order valence-corrected chi connectivity index (χ2v) is 8.28. The summed E-state index contributed by atoms with van der Waals surface area (Å²) in [6.07, 6.45) is 1.75. The van der Waals surface area contributed by atoms with Crippen molar-refractivity contribution in [3.05, 3.63) is 0 Å². The van der Waals surface area contributed by atoms with E-state index in [1.807, 2.05) is 13.8 Å². The van der Waals surface area contributed by atoms with Gasteiger partial charge in [0.2, 0.25) is 11.8 Å². The molecule has 0 saturated carbocycles. The number of piperidine rings is 1. The second-order valence-electron chi connectivity index (χ2n) is 8.28. The topological polar surface area (TPSA) is 135 Å². The van der Waals surface area contributed by atoms with Gasteiger partial charge >= 0.3 is 12.1 Å². The molecule has 2 aliphatic rings. The maximum Gasteiger partial charge on any atom is 0.408 e. The minimum absolute atomic E-state index is 0.122. The molecule has 170 valence electrons. The Labute approximate surface area is 177 Å². The molecule has 0 radical (unpaired) electrons. The van der Waals surface area contributed by atoms with Crippen LogP contribution in [-0.4, -0.2) is 68.8 Å². The summed E-state index contributed by atoms with van der Waals surface area (Å²) in [5.74, 6) is -1.50. The van der Waals surface area contributed by atoms with Crippen LogP contribution in [0.2, 0.25) is 0 Å². The predicted octanol–water partition coefficient (Wildman–Crippen LogP) is 0.0633. The Morgan fingerprint density at radius 1 is 1.07 bits per heavy atom. The van der Waals surface area contributed by atoms with Crippen molar-refractivity contribution in [2.75, 3.05) is 26.7 Å². The maximum atomic E-state index is 12.9. The quantitative estimate of drug-likeness (QED) is 0.383. The zero-order chi connectivity index (χ0) is 22.1. The molecule has 0 aromatic rings. The van der Waals surface area contributed by atoms with E-state index < -0.39 is 30.1 Å². The molecular formula is C20H34N4O6. The lowest BCUT2D eigenvalue weighted by Gasteiger charge is -2.26. The highest BCUT2D eigenvalue weighted by molar-refractivity contribution is 5.90. The number of ether oxygens (including phenoxy) is 2. The van der Waals surface area contributed by atoms with Gasteiger partial charge in [-0.15, -0.1) is 0 Å². The van der Waals surface area contributed by atoms with Crippen LogP contribution in [0.4, 0.5) is 4.79 Å². The number of hydrogen-bond donors (Lipinski definition) is 4. The summed E-state index contributed by atoms with van der Waals surface area (Å²) in [7, 11) is 1.23. The van der Waals surface area contributed by atoms with E-state index in [0.29, 0.717) is 19.4 Å². The molecule has 0 aromatic heterocycles. The molecule has 0 unspecified atom stereocenters. The van der Waals surface area contributed by atoms with E-state index in [4.69, 9.17) is 9.47 Å². The van der Waals surface area contributed by atoms with Gasteiger partial charge in [-0.25, -0.2) is 9.59 Å². The zero-order valence-corrected chi connectivity index (χ0v) is 18.0. The fraction of sp³-hybridized carbons (Fsp3) is 0.800. The fourth-order valence-electron chi connectivity index (χ4n) is 3.73. The zero-order valence-electron chi connectivity index (χ0n) is 18.0. The lowest BCUT2D eigenvalue weighted by Crippen LogP contribution is -2.53. The molecule has 2 heterocycles. The van der Waals surface area contributed by atoms with Crippen molar-refractivity contribution in [1.29, 1.82) is 0 Å². The molecule has 10 nitrogen and oxygen atoms in total. The molecule has 2 aliphatic heterocycles. The molecule has 0 bridgehead atoms. The van der Waals surface area contributed by atoms with Gasteiger partial charge in [-0.2, -0.15) is 0 Å². The third-order valence-electron chi connectivity index (χ3n) is 5.36. The Bertz CT molecular complexity index is 620. The number of esters is 1. The number of amides is 3. The first kappa shape index (κ1) is 23.9. The second kappa shape index (κ2) is 11.7. The van der Waals surface area contributed by atoms with Crippen LogP contribution in [0.15, 0.2) is 0 Å². The van der Waals surface area contributed by atoms with Crippen LogP contribution in [0.5, 0.6) is 0 Å². The lowest BCUT2D eigenvalue weighted by atomic mass is 9.97. The van der Waals surface area contributed by atoms with E-state index in [1.54, 1.807) is 0 Å². The van der Waals surface area contributed by atoms with Crippen LogP contribution in [0.3, 0.4) is 0 Å². The first-order chi connectivity index (χ1) is 14.3. The molecule has 3 atom stereocenters. The van der Waals surface area contributed by atoms with E-state index in [-0.39, 0.29) is 30.3 Å². The van der Waals surface area contributed by atoms with Crippen LogP contribution in [0.1, 0.15) is 46.0 Å². The first-order valence-electron chi connectivity index (χ1n) is 10.6. The Balaban J connectivity index is 1.98. The number of hydrogen-bond acceptors (Lipinski definition) is 7. The van der Waals surface area contributed by atoms with Gasteiger partial charge < -0.3 is 30.7 Å². The monoisotopic (exact) mass is 426 g/mol. The van der Waals surface area contributed by atoms with Crippen molar-refractivity contribution in [2.45, 2.75) is 64.1 Å². The predicted molar refractivity (Wildman–Crippen MR) is 108 cm³/mol. The van der Waals surface area contributed by atoms with Gasteiger partial charge in [0, 0.05) is 12.5 Å². The molecule has 2 rings (SSSR count). The van der Waals surface area contributed by atoms with Gasteiger partial charge in [-0.05, 0) is 51.1 Å². The smallest absolute Gasteiger partial charge is 0.408 e. The van der Waals surface area contributed by atoms with Gasteiger partial charge in [0.05, 0.1) is 7.11 Å². The van der Waals surface area contributed by atoms with Crippen LogP contribution in [-0.2, 0) is 23.9 Å². The molecule has 2 fully saturated rings. The Morgan fingerprint density at radius 2 is 1.77 bits per heavy atom. The highest BCUT2D eigenvalue weighted by Crippen LogP contribution is 2.17. The summed E-state index contributed by atoms with van der Waals surface area (Å²) < 4.78 is 10.2. The lowest BCUT2D eigenvalue weighted by molar-refractivity contribution is -0.146. The van der Waals surface area contributed by atoms with Crippen molar-refractivity contribution in [3.63, 3.8) is 0 Å². The van der Waals surface area contributed by atoms with Crippen molar-refractivity contribution < 1.29 is 28.7 Å². The molecule has 0 spiro atoms. The number of nitrogens with one attached hydrogen (secondary N) is 4. The molecule has 0 aromatic carbocycles. The fourth-order valence-corrected chi connectivity index (χ4v) is 3.73. The minimum atomic E-state index is -0.965. The minimum Gasteiger partial charge on any atom is -0.467 e. The molecule has 3 amide bonds. The van der Waals surface area contributed by atoms with Crippen LogP contribution in [0.25, 0.3) is 0 Å². The number of carbonyl (C=O) groups is 4. The Morgan fingerprint density at radius 3 is 2.33 bits per heavy atom. The average molecular weight is 427 g/mol. The number of carbonyl (C=O) groups excluding carboxylic acids is 4. The standard InChI is InChI=1S/C20H34N4O6/c1-12(2)10-15(24-20(28)30-14-5-7-21-8-6-14)18(26)23-16(19(27)29-3)11-13-4-9-22-17(13)25/h12-16,21H,4-11H2,1-3H3,(H,22,25)(H,23,26)(H,24,28)/t13-,15-,16-/m0/s1. The number of methoxy groups -OCH3 is 1. The van der Waals surface area contributed by atoms with Crippen molar-refractivity contribution in [3.8, 4) is 0 Å². The van der Waals surface area contributed by atoms with Gasteiger partial charge in [0.25, 0.3) is 0 Å². The van der Waals surface area contributed by atoms with E-state index >= 15 is 0 Å². The Kier molecular flexibility index (Phi) is 9.35. The third kappa shape index (κ3) is 7.47. The SMILES string of the molecule is COC(=O)[C@H](C[C@@H]1CCNC1=O)NC(=O)[C@H](CC(C)C)NC(=O)OC1CCNCC1. The van der Waals surface area contributed by atoms with E-state index in [2.05, 4.69) is 21.3 Å². The van der Waals surface area contributed by atoms with Crippen molar-refractivity contribution in [2.24, 2.45) is 11.8 Å². The van der Waals surface area contributed by atoms with Crippen molar-refractivity contribution >= 4 is 23.9 Å². The van der Waals surface area contributed by atoms with Gasteiger partial charge in [-0.1, -0.05) is 13.8 Å². The molecule has 0 aliphatic carbocycles. The number of alkyl carbamates (subject to hydrolysis) is 1. The van der Waals surface area contributed by atoms with E-state index in [1.165, 1.54) is 7.11 Å². The first-order valence-corrected chi connectivity index (χ1v) is 10.6.